The molecular formula is C7H17NO. The van der Waals surface area contributed by atoms with Gasteiger partial charge in [0.1, 0.15) is 0 Å². The van der Waals surface area contributed by atoms with Crippen LogP contribution in [0.3, 0.4) is 0 Å². The summed E-state index contributed by atoms with van der Waals surface area (Å²) in [5, 5.41) is 10.6. The summed E-state index contributed by atoms with van der Waals surface area (Å²) in [7, 11) is 0. The molecular weight excluding hydrogens is 114 g/mol. The minimum absolute atomic E-state index is 0.0608. The maximum atomic E-state index is 9.22. The Balaban J connectivity index is 3.80. The molecule has 0 unspecified atom stereocenters. The maximum absolute atomic E-state index is 9.22. The highest BCUT2D eigenvalue weighted by molar-refractivity contribution is 4.72. The van der Waals surface area contributed by atoms with Crippen molar-refractivity contribution in [2.75, 3.05) is 6.54 Å². The summed E-state index contributed by atoms with van der Waals surface area (Å²) >= 11 is 0. The number of hydrogen-bond donors (Lipinski definition) is 1. The summed E-state index contributed by atoms with van der Waals surface area (Å²) in [5.41, 5.74) is -0.0608. The monoisotopic (exact) mass is 131 g/mol. The fraction of sp³-hybridized carbons (Fsp3) is 1.00. The van der Waals surface area contributed by atoms with Gasteiger partial charge in [-0.3, -0.25) is 0 Å². The molecule has 0 aromatic heterocycles. The Morgan fingerprint density at radius 1 is 1.33 bits per heavy atom. The lowest BCUT2D eigenvalue weighted by Gasteiger charge is -2.31. The molecule has 2 heteroatoms. The standard InChI is InChI=1S/C7H17NO/c1-5-7(3,4)8(9)6-2/h9H,5-6H2,1-4H3. The maximum Gasteiger partial charge on any atom is 0.0401 e. The number of nitrogens with zero attached hydrogens (tertiary/aromatic N) is 1. The predicted molar refractivity (Wildman–Crippen MR) is 38.5 cm³/mol. The van der Waals surface area contributed by atoms with Crippen molar-refractivity contribution in [2.24, 2.45) is 0 Å². The molecule has 56 valence electrons. The van der Waals surface area contributed by atoms with E-state index in [0.29, 0.717) is 6.54 Å². The molecule has 9 heavy (non-hydrogen) atoms. The summed E-state index contributed by atoms with van der Waals surface area (Å²) in [4.78, 5) is 0. The Bertz CT molecular complexity index is 81.0. The predicted octanol–water partition coefficient (Wildman–Crippen LogP) is 1.89. The van der Waals surface area contributed by atoms with Gasteiger partial charge in [0.2, 0.25) is 0 Å². The zero-order chi connectivity index (χ0) is 7.49. The smallest absolute Gasteiger partial charge is 0.0401 e. The Hall–Kier alpha value is -0.0800. The molecule has 1 N–H and O–H groups in total. The van der Waals surface area contributed by atoms with Gasteiger partial charge in [-0.25, -0.2) is 0 Å². The number of rotatable bonds is 3. The normalized spacial score (nSPS) is 12.7. The topological polar surface area (TPSA) is 23.5 Å². The minimum Gasteiger partial charge on any atom is -0.313 e. The summed E-state index contributed by atoms with van der Waals surface area (Å²) in [5.74, 6) is 0. The van der Waals surface area contributed by atoms with Gasteiger partial charge in [-0.05, 0) is 20.3 Å². The Kier molecular flexibility index (Phi) is 3.15. The molecule has 0 aromatic carbocycles. The van der Waals surface area contributed by atoms with E-state index in [1.165, 1.54) is 5.06 Å². The Morgan fingerprint density at radius 3 is 1.89 bits per heavy atom. The molecule has 0 saturated carbocycles. The van der Waals surface area contributed by atoms with Crippen LogP contribution in [0.1, 0.15) is 34.1 Å². The average molecular weight is 131 g/mol. The molecule has 0 atom stereocenters. The summed E-state index contributed by atoms with van der Waals surface area (Å²) in [6, 6.07) is 0. The molecule has 0 aromatic rings. The molecule has 0 radical (unpaired) electrons. The van der Waals surface area contributed by atoms with E-state index in [4.69, 9.17) is 0 Å². The van der Waals surface area contributed by atoms with Crippen molar-refractivity contribution in [2.45, 2.75) is 39.7 Å². The van der Waals surface area contributed by atoms with Crippen molar-refractivity contribution in [3.8, 4) is 0 Å². The van der Waals surface area contributed by atoms with Crippen LogP contribution in [0.4, 0.5) is 0 Å². The van der Waals surface area contributed by atoms with Gasteiger partial charge in [-0.1, -0.05) is 13.8 Å². The van der Waals surface area contributed by atoms with Gasteiger partial charge in [0.05, 0.1) is 0 Å². The summed E-state index contributed by atoms with van der Waals surface area (Å²) in [6.07, 6.45) is 0.970. The fourth-order valence-electron chi connectivity index (χ4n) is 0.611. The van der Waals surface area contributed by atoms with Gasteiger partial charge in [0, 0.05) is 12.1 Å². The van der Waals surface area contributed by atoms with E-state index in [1.54, 1.807) is 0 Å². The van der Waals surface area contributed by atoms with Crippen molar-refractivity contribution < 1.29 is 5.21 Å². The van der Waals surface area contributed by atoms with Crippen molar-refractivity contribution >= 4 is 0 Å². The highest BCUT2D eigenvalue weighted by Crippen LogP contribution is 2.14. The van der Waals surface area contributed by atoms with Crippen LogP contribution in [-0.2, 0) is 0 Å². The van der Waals surface area contributed by atoms with Crippen LogP contribution in [0.25, 0.3) is 0 Å². The van der Waals surface area contributed by atoms with E-state index in [1.807, 2.05) is 20.8 Å². The van der Waals surface area contributed by atoms with Crippen molar-refractivity contribution in [3.05, 3.63) is 0 Å². The first-order chi connectivity index (χ1) is 4.04. The van der Waals surface area contributed by atoms with Gasteiger partial charge in [-0.15, -0.1) is 0 Å². The third-order valence-electron chi connectivity index (χ3n) is 1.86. The van der Waals surface area contributed by atoms with Gasteiger partial charge >= 0.3 is 0 Å². The fourth-order valence-corrected chi connectivity index (χ4v) is 0.611. The van der Waals surface area contributed by atoms with E-state index >= 15 is 0 Å². The SMILES string of the molecule is CCN(O)C(C)(C)CC. The van der Waals surface area contributed by atoms with Gasteiger partial charge in [0.25, 0.3) is 0 Å². The van der Waals surface area contributed by atoms with Crippen LogP contribution < -0.4 is 0 Å². The van der Waals surface area contributed by atoms with E-state index in [9.17, 15) is 5.21 Å². The van der Waals surface area contributed by atoms with E-state index in [0.717, 1.165) is 6.42 Å². The molecule has 0 saturated heterocycles. The first-order valence-electron chi connectivity index (χ1n) is 3.51. The zero-order valence-corrected chi connectivity index (χ0v) is 6.81. The summed E-state index contributed by atoms with van der Waals surface area (Å²) < 4.78 is 0. The molecule has 0 heterocycles. The third-order valence-corrected chi connectivity index (χ3v) is 1.86. The molecule has 0 fully saturated rings. The quantitative estimate of drug-likeness (QED) is 0.591. The molecule has 0 bridgehead atoms. The second-order valence-corrected chi connectivity index (χ2v) is 2.88. The molecule has 0 aliphatic rings. The van der Waals surface area contributed by atoms with Crippen LogP contribution in [0, 0.1) is 0 Å². The van der Waals surface area contributed by atoms with Crippen LogP contribution >= 0.6 is 0 Å². The zero-order valence-electron chi connectivity index (χ0n) is 6.81. The molecule has 0 spiro atoms. The largest absolute Gasteiger partial charge is 0.313 e. The Morgan fingerprint density at radius 2 is 1.78 bits per heavy atom. The second-order valence-electron chi connectivity index (χ2n) is 2.88. The molecule has 0 rings (SSSR count). The van der Waals surface area contributed by atoms with Crippen molar-refractivity contribution in [3.63, 3.8) is 0 Å². The van der Waals surface area contributed by atoms with Gasteiger partial charge < -0.3 is 5.21 Å². The van der Waals surface area contributed by atoms with E-state index < -0.39 is 0 Å². The van der Waals surface area contributed by atoms with Gasteiger partial charge in [-0.2, -0.15) is 5.06 Å². The van der Waals surface area contributed by atoms with Crippen LogP contribution in [0.5, 0.6) is 0 Å². The minimum atomic E-state index is -0.0608. The Labute approximate surface area is 57.4 Å². The van der Waals surface area contributed by atoms with E-state index in [2.05, 4.69) is 6.92 Å². The molecule has 2 nitrogen and oxygen atoms in total. The van der Waals surface area contributed by atoms with Crippen LogP contribution in [0.2, 0.25) is 0 Å². The lowest BCUT2D eigenvalue weighted by molar-refractivity contribution is -0.159. The second kappa shape index (κ2) is 3.18. The van der Waals surface area contributed by atoms with E-state index in [-0.39, 0.29) is 5.54 Å². The molecule has 0 aliphatic heterocycles. The number of hydroxylamine groups is 2. The highest BCUT2D eigenvalue weighted by Gasteiger charge is 2.20. The average Bonchev–Trinajstić information content (AvgIpc) is 1.86. The van der Waals surface area contributed by atoms with Crippen molar-refractivity contribution in [1.82, 2.24) is 5.06 Å². The van der Waals surface area contributed by atoms with Gasteiger partial charge in [0.15, 0.2) is 0 Å². The first-order valence-corrected chi connectivity index (χ1v) is 3.51. The lowest BCUT2D eigenvalue weighted by Crippen LogP contribution is -2.40. The van der Waals surface area contributed by atoms with Crippen LogP contribution in [0.15, 0.2) is 0 Å². The van der Waals surface area contributed by atoms with Crippen molar-refractivity contribution in [1.29, 1.82) is 0 Å². The lowest BCUT2D eigenvalue weighted by atomic mass is 10.0. The van der Waals surface area contributed by atoms with Crippen LogP contribution in [-0.4, -0.2) is 22.4 Å². The number of hydrogen-bond acceptors (Lipinski definition) is 2. The molecule has 0 amide bonds. The summed E-state index contributed by atoms with van der Waals surface area (Å²) in [6.45, 7) is 8.75. The third kappa shape index (κ3) is 2.33. The molecule has 0 aliphatic carbocycles. The highest BCUT2D eigenvalue weighted by atomic mass is 16.5. The first kappa shape index (κ1) is 8.92.